The number of ketones is 1. The number of halogens is 3. The molecule has 0 unspecified atom stereocenters. The summed E-state index contributed by atoms with van der Waals surface area (Å²) in [5.74, 6) is 0.182. The number of carbonyl (C=O) groups excluding carboxylic acids is 1. The zero-order valence-electron chi connectivity index (χ0n) is 7.09. The minimum atomic E-state index is -0.138. The van der Waals surface area contributed by atoms with Crippen LogP contribution < -0.4 is 0 Å². The molecular weight excluding hydrogens is 412 g/mol. The van der Waals surface area contributed by atoms with Gasteiger partial charge in [0.2, 0.25) is 5.78 Å². The van der Waals surface area contributed by atoms with E-state index >= 15 is 0 Å². The molecule has 0 bridgehead atoms. The summed E-state index contributed by atoms with van der Waals surface area (Å²) < 4.78 is 7.48. The number of carbonyl (C=O) groups is 1. The van der Waals surface area contributed by atoms with Gasteiger partial charge >= 0.3 is 0 Å². The predicted molar refractivity (Wildman–Crippen MR) is 69.6 cm³/mol. The quantitative estimate of drug-likeness (QED) is 0.657. The van der Waals surface area contributed by atoms with E-state index in [1.54, 1.807) is 12.1 Å². The third kappa shape index (κ3) is 2.27. The molecule has 2 aromatic rings. The van der Waals surface area contributed by atoms with Crippen LogP contribution in [0.25, 0.3) is 0 Å². The lowest BCUT2D eigenvalue weighted by Gasteiger charge is -1.95. The van der Waals surface area contributed by atoms with Crippen LogP contribution in [0, 0.1) is 0 Å². The molecule has 2 aromatic heterocycles. The van der Waals surface area contributed by atoms with E-state index in [-0.39, 0.29) is 5.78 Å². The average Bonchev–Trinajstić information content (AvgIpc) is 2.71. The van der Waals surface area contributed by atoms with Crippen molar-refractivity contribution in [2.24, 2.45) is 0 Å². The molecule has 0 aliphatic carbocycles. The first kappa shape index (κ1) is 11.6. The molecule has 0 amide bonds. The lowest BCUT2D eigenvalue weighted by Crippen LogP contribution is -1.99. The van der Waals surface area contributed by atoms with Crippen molar-refractivity contribution < 1.29 is 9.21 Å². The maximum atomic E-state index is 12.0. The van der Waals surface area contributed by atoms with Gasteiger partial charge in [-0.3, -0.25) is 4.79 Å². The summed E-state index contributed by atoms with van der Waals surface area (Å²) in [7, 11) is 0. The molecule has 0 aliphatic heterocycles. The third-order valence-corrected chi connectivity index (χ3v) is 4.69. The average molecular weight is 415 g/mol. The summed E-state index contributed by atoms with van der Waals surface area (Å²) in [6.45, 7) is 0. The van der Waals surface area contributed by atoms with E-state index in [4.69, 9.17) is 4.42 Å². The first-order valence-electron chi connectivity index (χ1n) is 3.82. The molecule has 0 aliphatic rings. The molecule has 6 heteroatoms. The monoisotopic (exact) mass is 412 g/mol. The fourth-order valence-corrected chi connectivity index (χ4v) is 4.25. The molecule has 0 atom stereocenters. The van der Waals surface area contributed by atoms with Gasteiger partial charge in [0.15, 0.2) is 5.76 Å². The van der Waals surface area contributed by atoms with E-state index in [1.807, 2.05) is 0 Å². The molecule has 0 saturated heterocycles. The second-order valence-electron chi connectivity index (χ2n) is 2.66. The molecule has 2 rings (SSSR count). The smallest absolute Gasteiger partial charge is 0.231 e. The van der Waals surface area contributed by atoms with Gasteiger partial charge in [-0.1, -0.05) is 0 Å². The van der Waals surface area contributed by atoms with Crippen LogP contribution in [0.2, 0.25) is 0 Å². The number of hydrogen-bond donors (Lipinski definition) is 0. The predicted octanol–water partition coefficient (Wildman–Crippen LogP) is 4.86. The van der Waals surface area contributed by atoms with E-state index in [2.05, 4.69) is 47.8 Å². The lowest BCUT2D eigenvalue weighted by atomic mass is 10.2. The van der Waals surface area contributed by atoms with Gasteiger partial charge in [-0.2, -0.15) is 0 Å². The zero-order chi connectivity index (χ0) is 11.0. The van der Waals surface area contributed by atoms with Gasteiger partial charge in [0.1, 0.15) is 0 Å². The van der Waals surface area contributed by atoms with Gasteiger partial charge in [-0.25, -0.2) is 0 Å². The van der Waals surface area contributed by atoms with Crippen molar-refractivity contribution in [2.75, 3.05) is 0 Å². The molecular formula is C9H3Br3O2S. The van der Waals surface area contributed by atoms with E-state index in [0.29, 0.717) is 15.8 Å². The number of rotatable bonds is 2. The molecule has 0 aromatic carbocycles. The van der Waals surface area contributed by atoms with Gasteiger partial charge in [0.25, 0.3) is 0 Å². The number of hydrogen-bond acceptors (Lipinski definition) is 3. The maximum absolute atomic E-state index is 12.0. The Labute approximate surface area is 115 Å². The molecule has 0 fully saturated rings. The van der Waals surface area contributed by atoms with Gasteiger partial charge in [-0.05, 0) is 59.9 Å². The number of furan rings is 1. The highest BCUT2D eigenvalue weighted by atomic mass is 79.9. The molecule has 0 radical (unpaired) electrons. The summed E-state index contributed by atoms with van der Waals surface area (Å²) in [4.78, 5) is 12.0. The topological polar surface area (TPSA) is 30.2 Å². The van der Waals surface area contributed by atoms with Gasteiger partial charge in [0.05, 0.1) is 23.9 Å². The molecule has 0 saturated carbocycles. The summed E-state index contributed by atoms with van der Waals surface area (Å²) >= 11 is 11.4. The molecule has 0 N–H and O–H groups in total. The first-order valence-corrected chi connectivity index (χ1v) is 7.01. The largest absolute Gasteiger partial charge is 0.460 e. The van der Waals surface area contributed by atoms with Crippen LogP contribution in [0.1, 0.15) is 16.1 Å². The highest BCUT2D eigenvalue weighted by Gasteiger charge is 2.20. The second kappa shape index (κ2) is 4.53. The Morgan fingerprint density at radius 1 is 1.33 bits per heavy atom. The molecule has 2 nitrogen and oxygen atoms in total. The van der Waals surface area contributed by atoms with Crippen LogP contribution in [-0.4, -0.2) is 5.78 Å². The SMILES string of the molecule is O=C(c1cc(Br)sc1Br)c1occc1Br. The Kier molecular flexibility index (Phi) is 3.49. The van der Waals surface area contributed by atoms with Crippen LogP contribution in [-0.2, 0) is 0 Å². The first-order chi connectivity index (χ1) is 7.09. The Morgan fingerprint density at radius 2 is 2.07 bits per heavy atom. The Morgan fingerprint density at radius 3 is 2.53 bits per heavy atom. The molecule has 15 heavy (non-hydrogen) atoms. The van der Waals surface area contributed by atoms with Crippen molar-refractivity contribution >= 4 is 64.9 Å². The zero-order valence-corrected chi connectivity index (χ0v) is 12.7. The fraction of sp³-hybridized carbons (Fsp3) is 0. The van der Waals surface area contributed by atoms with Gasteiger partial charge < -0.3 is 4.42 Å². The Balaban J connectivity index is 2.45. The highest BCUT2D eigenvalue weighted by Crippen LogP contribution is 2.34. The van der Waals surface area contributed by atoms with E-state index in [1.165, 1.54) is 17.6 Å². The number of thiophene rings is 1. The van der Waals surface area contributed by atoms with Gasteiger partial charge in [-0.15, -0.1) is 11.3 Å². The van der Waals surface area contributed by atoms with Crippen molar-refractivity contribution in [1.82, 2.24) is 0 Å². The summed E-state index contributed by atoms with van der Waals surface area (Å²) in [5.41, 5.74) is 0.600. The van der Waals surface area contributed by atoms with Crippen molar-refractivity contribution in [2.45, 2.75) is 0 Å². The standard InChI is InChI=1S/C9H3Br3O2S/c10-5-1-2-14-8(5)7(13)4-3-6(11)15-9(4)12/h1-3H. The Hall–Kier alpha value is 0.0900. The maximum Gasteiger partial charge on any atom is 0.231 e. The van der Waals surface area contributed by atoms with Crippen LogP contribution in [0.15, 0.2) is 34.9 Å². The lowest BCUT2D eigenvalue weighted by molar-refractivity contribution is 0.101. The normalized spacial score (nSPS) is 10.6. The van der Waals surface area contributed by atoms with E-state index in [0.717, 1.165) is 7.57 Å². The van der Waals surface area contributed by atoms with Crippen molar-refractivity contribution in [3.63, 3.8) is 0 Å². The molecule has 78 valence electrons. The van der Waals surface area contributed by atoms with Crippen LogP contribution in [0.3, 0.4) is 0 Å². The third-order valence-electron chi connectivity index (χ3n) is 1.72. The van der Waals surface area contributed by atoms with Crippen LogP contribution in [0.5, 0.6) is 0 Å². The summed E-state index contributed by atoms with van der Waals surface area (Å²) in [6, 6.07) is 3.47. The van der Waals surface area contributed by atoms with Crippen molar-refractivity contribution in [3.8, 4) is 0 Å². The van der Waals surface area contributed by atoms with Crippen molar-refractivity contribution in [3.05, 3.63) is 41.8 Å². The summed E-state index contributed by atoms with van der Waals surface area (Å²) in [5, 5.41) is 0. The molecule has 2 heterocycles. The molecule has 0 spiro atoms. The summed E-state index contributed by atoms with van der Waals surface area (Å²) in [6.07, 6.45) is 1.48. The minimum Gasteiger partial charge on any atom is -0.460 e. The minimum absolute atomic E-state index is 0.138. The second-order valence-corrected chi connectivity index (χ2v) is 7.27. The van der Waals surface area contributed by atoms with E-state index < -0.39 is 0 Å². The fourth-order valence-electron chi connectivity index (χ4n) is 1.07. The van der Waals surface area contributed by atoms with Crippen molar-refractivity contribution in [1.29, 1.82) is 0 Å². The van der Waals surface area contributed by atoms with Gasteiger partial charge in [0, 0.05) is 0 Å². The highest BCUT2D eigenvalue weighted by molar-refractivity contribution is 9.12. The Bertz CT molecular complexity index is 515. The van der Waals surface area contributed by atoms with E-state index in [9.17, 15) is 4.79 Å². The van der Waals surface area contributed by atoms with Crippen LogP contribution in [0.4, 0.5) is 0 Å². The van der Waals surface area contributed by atoms with Crippen LogP contribution >= 0.6 is 59.1 Å².